The first-order valence-corrected chi connectivity index (χ1v) is 19.6. The first-order chi connectivity index (χ1) is 24.6. The Morgan fingerprint density at radius 3 is 2.39 bits per heavy atom. The molecule has 0 amide bonds. The highest BCUT2D eigenvalue weighted by Crippen LogP contribution is 2.39. The molecule has 0 aromatic heterocycles. The van der Waals surface area contributed by atoms with Crippen molar-refractivity contribution in [1.82, 2.24) is 4.31 Å². The van der Waals surface area contributed by atoms with Crippen molar-refractivity contribution in [3.05, 3.63) is 89.0 Å². The van der Waals surface area contributed by atoms with E-state index >= 15 is 0 Å². The van der Waals surface area contributed by atoms with Crippen LogP contribution in [0.5, 0.6) is 5.75 Å². The second-order valence-electron chi connectivity index (χ2n) is 14.1. The summed E-state index contributed by atoms with van der Waals surface area (Å²) in [5.74, 6) is 1.06. The summed E-state index contributed by atoms with van der Waals surface area (Å²) in [5, 5.41) is 10.6. The van der Waals surface area contributed by atoms with Crippen molar-refractivity contribution in [2.75, 3.05) is 65.2 Å². The minimum atomic E-state index is -3.87. The summed E-state index contributed by atoms with van der Waals surface area (Å²) in [7, 11) is -0.457. The van der Waals surface area contributed by atoms with Crippen LogP contribution in [0, 0.1) is 12.8 Å². The van der Waals surface area contributed by atoms with Gasteiger partial charge in [-0.25, -0.2) is 8.42 Å². The Hall–Kier alpha value is -3.03. The molecule has 3 aromatic carbocycles. The van der Waals surface area contributed by atoms with Crippen LogP contribution in [0.2, 0.25) is 0 Å². The van der Waals surface area contributed by atoms with Crippen LogP contribution in [0.4, 0.5) is 5.69 Å². The second kappa shape index (κ2) is 18.6. The molecule has 10 nitrogen and oxygen atoms in total. The fraction of sp³-hybridized carbons (Fsp3) is 0.550. The summed E-state index contributed by atoms with van der Waals surface area (Å²) < 4.78 is 59.2. The molecular weight excluding hydrogens is 669 g/mol. The van der Waals surface area contributed by atoms with Gasteiger partial charge in [-0.05, 0) is 74.1 Å². The van der Waals surface area contributed by atoms with Crippen LogP contribution in [0.15, 0.2) is 71.6 Å². The van der Waals surface area contributed by atoms with Crippen molar-refractivity contribution < 1.29 is 37.2 Å². The molecule has 11 heteroatoms. The second-order valence-corrected chi connectivity index (χ2v) is 16.0. The first kappa shape index (κ1) is 39.2. The van der Waals surface area contributed by atoms with Gasteiger partial charge >= 0.3 is 0 Å². The number of aliphatic hydroxyl groups is 1. The van der Waals surface area contributed by atoms with E-state index in [1.807, 2.05) is 31.2 Å². The fourth-order valence-electron chi connectivity index (χ4n) is 7.10. The van der Waals surface area contributed by atoms with Gasteiger partial charge in [-0.15, -0.1) is 0 Å². The number of piperidine rings is 1. The van der Waals surface area contributed by atoms with Gasteiger partial charge in [0.2, 0.25) is 10.0 Å². The third-order valence-corrected chi connectivity index (χ3v) is 11.7. The molecule has 0 aliphatic carbocycles. The van der Waals surface area contributed by atoms with Crippen LogP contribution in [0.1, 0.15) is 61.3 Å². The summed E-state index contributed by atoms with van der Waals surface area (Å²) in [4.78, 5) is 2.57. The van der Waals surface area contributed by atoms with Gasteiger partial charge in [0.1, 0.15) is 12.4 Å². The molecular formula is C40H56N2O8S. The molecule has 1 N–H and O–H groups in total. The number of aryl methyl sites for hydroxylation is 1. The smallest absolute Gasteiger partial charge is 0.243 e. The van der Waals surface area contributed by atoms with Crippen molar-refractivity contribution in [2.45, 2.75) is 82.3 Å². The predicted octanol–water partition coefficient (Wildman–Crippen LogP) is 5.93. The number of sulfonamides is 1. The van der Waals surface area contributed by atoms with Crippen LogP contribution in [-0.4, -0.2) is 96.4 Å². The van der Waals surface area contributed by atoms with Gasteiger partial charge in [0.25, 0.3) is 0 Å². The third-order valence-electron chi connectivity index (χ3n) is 9.74. The lowest BCUT2D eigenvalue weighted by Crippen LogP contribution is -2.53. The van der Waals surface area contributed by atoms with E-state index in [-0.39, 0.29) is 17.4 Å². The maximum atomic E-state index is 14.2. The molecule has 0 spiro atoms. The largest absolute Gasteiger partial charge is 0.490 e. The first-order valence-electron chi connectivity index (χ1n) is 18.1. The van der Waals surface area contributed by atoms with Crippen LogP contribution in [0.3, 0.4) is 0 Å². The standard InChI is InChI=1S/C40H56N2O8S/c1-29-7-14-36(15-8-29)51(44,45)42-24-40(50-28-33-11-16-39-38(22-33)41(18-20-49-39)17-6-19-46-4)37(23-35(42)21-31(3)43)34-12-9-32(10-13-34)27-48-26-30(2)25-47-5/h7-16,22,30-31,35,37,40,43H,6,17-21,23-28H2,1-5H3/t30-,31-,35-,37+,40-/m0/s1. The van der Waals surface area contributed by atoms with Gasteiger partial charge in [0.05, 0.1) is 55.8 Å². The van der Waals surface area contributed by atoms with E-state index in [0.29, 0.717) is 58.4 Å². The number of anilines is 1. The lowest BCUT2D eigenvalue weighted by Gasteiger charge is -2.44. The molecule has 51 heavy (non-hydrogen) atoms. The predicted molar refractivity (Wildman–Crippen MR) is 199 cm³/mol. The van der Waals surface area contributed by atoms with Crippen LogP contribution < -0.4 is 9.64 Å². The van der Waals surface area contributed by atoms with Gasteiger partial charge in [-0.3, -0.25) is 0 Å². The van der Waals surface area contributed by atoms with Gasteiger partial charge in [-0.2, -0.15) is 4.31 Å². The molecule has 1 saturated heterocycles. The van der Waals surface area contributed by atoms with E-state index in [1.165, 1.54) is 0 Å². The normalized spacial score (nSPS) is 20.8. The molecule has 0 radical (unpaired) electrons. The number of fused-ring (bicyclic) bond motifs is 1. The van der Waals surface area contributed by atoms with Crippen molar-refractivity contribution in [3.63, 3.8) is 0 Å². The number of rotatable bonds is 18. The molecule has 3 aromatic rings. The molecule has 0 saturated carbocycles. The van der Waals surface area contributed by atoms with Crippen LogP contribution in [-0.2, 0) is 42.2 Å². The zero-order valence-corrected chi connectivity index (χ0v) is 31.6. The highest BCUT2D eigenvalue weighted by molar-refractivity contribution is 7.89. The van der Waals surface area contributed by atoms with Crippen LogP contribution in [0.25, 0.3) is 0 Å². The van der Waals surface area contributed by atoms with Crippen molar-refractivity contribution in [2.24, 2.45) is 5.92 Å². The van der Waals surface area contributed by atoms with E-state index in [9.17, 15) is 13.5 Å². The highest BCUT2D eigenvalue weighted by Gasteiger charge is 2.43. The highest BCUT2D eigenvalue weighted by atomic mass is 32.2. The molecule has 5 atom stereocenters. The molecule has 2 aliphatic rings. The zero-order valence-electron chi connectivity index (χ0n) is 30.8. The minimum Gasteiger partial charge on any atom is -0.490 e. The number of nitrogens with zero attached hydrogens (tertiary/aromatic N) is 2. The van der Waals surface area contributed by atoms with Crippen molar-refractivity contribution in [1.29, 1.82) is 0 Å². The maximum absolute atomic E-state index is 14.2. The molecule has 2 heterocycles. The number of hydrogen-bond acceptors (Lipinski definition) is 9. The van der Waals surface area contributed by atoms with Crippen molar-refractivity contribution in [3.8, 4) is 5.75 Å². The number of ether oxygens (including phenoxy) is 5. The van der Waals surface area contributed by atoms with E-state index in [1.54, 1.807) is 37.6 Å². The number of benzene rings is 3. The quantitative estimate of drug-likeness (QED) is 0.160. The van der Waals surface area contributed by atoms with Gasteiger partial charge in [0.15, 0.2) is 0 Å². The summed E-state index contributed by atoms with van der Waals surface area (Å²) in [6.07, 6.45) is 0.642. The zero-order chi connectivity index (χ0) is 36.4. The van der Waals surface area contributed by atoms with E-state index in [4.69, 9.17) is 23.7 Å². The Bertz CT molecular complexity index is 1620. The summed E-state index contributed by atoms with van der Waals surface area (Å²) >= 11 is 0. The molecule has 0 bridgehead atoms. The average Bonchev–Trinajstić information content (AvgIpc) is 3.11. The number of aliphatic hydroxyl groups excluding tert-OH is 1. The van der Waals surface area contributed by atoms with Gasteiger partial charge < -0.3 is 33.7 Å². The lowest BCUT2D eigenvalue weighted by molar-refractivity contribution is -0.0254. The van der Waals surface area contributed by atoms with E-state index in [0.717, 1.165) is 53.2 Å². The van der Waals surface area contributed by atoms with Crippen LogP contribution >= 0.6 is 0 Å². The number of methoxy groups -OCH3 is 2. The topological polar surface area (TPSA) is 107 Å². The Labute approximate surface area is 304 Å². The maximum Gasteiger partial charge on any atom is 0.243 e. The van der Waals surface area contributed by atoms with Gasteiger partial charge in [0, 0.05) is 51.8 Å². The molecule has 280 valence electrons. The lowest BCUT2D eigenvalue weighted by atomic mass is 9.82. The molecule has 5 rings (SSSR count). The summed E-state index contributed by atoms with van der Waals surface area (Å²) in [6, 6.07) is 21.1. The van der Waals surface area contributed by atoms with Gasteiger partial charge in [-0.1, -0.05) is 55.0 Å². The summed E-state index contributed by atoms with van der Waals surface area (Å²) in [6.45, 7) is 11.0. The Balaban J connectivity index is 1.40. The Kier molecular flexibility index (Phi) is 14.3. The van der Waals surface area contributed by atoms with E-state index in [2.05, 4.69) is 42.2 Å². The monoisotopic (exact) mass is 724 g/mol. The SMILES string of the molecule is COCCCN1CCOc2ccc(CO[C@H]3CN(S(=O)(=O)c4ccc(C)cc4)[C@@H](C[C@H](C)O)C[C@@H]3c3ccc(COC[C@@H](C)COC)cc3)cc21. The Morgan fingerprint density at radius 2 is 1.69 bits per heavy atom. The minimum absolute atomic E-state index is 0.0959. The third kappa shape index (κ3) is 10.5. The molecule has 1 fully saturated rings. The Morgan fingerprint density at radius 1 is 0.941 bits per heavy atom. The molecule has 0 unspecified atom stereocenters. The molecule has 2 aliphatic heterocycles. The fourth-order valence-corrected chi connectivity index (χ4v) is 8.76. The average molecular weight is 725 g/mol. The van der Waals surface area contributed by atoms with Crippen molar-refractivity contribution >= 4 is 15.7 Å². The number of hydrogen-bond donors (Lipinski definition) is 1. The summed E-state index contributed by atoms with van der Waals surface area (Å²) in [5.41, 5.74) is 5.15. The van der Waals surface area contributed by atoms with E-state index < -0.39 is 28.3 Å².